The molecule has 6 heteroatoms. The lowest BCUT2D eigenvalue weighted by Gasteiger charge is -2.60. The molecule has 7 atom stereocenters. The maximum absolute atomic E-state index is 12.6. The number of allylic oxidation sites excluding steroid dienone is 2. The zero-order valence-corrected chi connectivity index (χ0v) is 20.3. The van der Waals surface area contributed by atoms with E-state index >= 15 is 0 Å². The molecule has 2 aliphatic rings. The SMILES string of the molecule is CC[C@](C)(O)C(=O)O[C@@H]1[C@H](O)C[C@@]2(C)[C@H](CC=C(C)[C@@H]2CC[C@H](C)CC(=O)O)C1(C)C. The Bertz CT molecular complexity index is 709. The van der Waals surface area contributed by atoms with Gasteiger partial charge in [-0.15, -0.1) is 0 Å². The largest absolute Gasteiger partial charge is 0.481 e. The van der Waals surface area contributed by atoms with Crippen LogP contribution in [0.25, 0.3) is 0 Å². The third kappa shape index (κ3) is 5.16. The highest BCUT2D eigenvalue weighted by Gasteiger charge is 2.60. The Kier molecular flexibility index (Phi) is 7.69. The molecular weight excluding hydrogens is 396 g/mol. The summed E-state index contributed by atoms with van der Waals surface area (Å²) in [6, 6.07) is 0. The summed E-state index contributed by atoms with van der Waals surface area (Å²) in [5, 5.41) is 30.5. The lowest BCUT2D eigenvalue weighted by atomic mass is 9.46. The third-order valence-corrected chi connectivity index (χ3v) is 8.28. The van der Waals surface area contributed by atoms with Crippen molar-refractivity contribution in [3.8, 4) is 0 Å². The van der Waals surface area contributed by atoms with Crippen molar-refractivity contribution in [1.29, 1.82) is 0 Å². The lowest BCUT2D eigenvalue weighted by Crippen LogP contribution is -2.61. The van der Waals surface area contributed by atoms with E-state index in [2.05, 4.69) is 33.8 Å². The Morgan fingerprint density at radius 1 is 1.32 bits per heavy atom. The number of carbonyl (C=O) groups is 2. The number of aliphatic hydroxyl groups is 2. The van der Waals surface area contributed by atoms with Gasteiger partial charge in [0.15, 0.2) is 5.60 Å². The highest BCUT2D eigenvalue weighted by Crippen LogP contribution is 2.61. The van der Waals surface area contributed by atoms with Crippen molar-refractivity contribution in [3.63, 3.8) is 0 Å². The van der Waals surface area contributed by atoms with Gasteiger partial charge in [0.2, 0.25) is 0 Å². The molecule has 6 nitrogen and oxygen atoms in total. The van der Waals surface area contributed by atoms with E-state index in [0.717, 1.165) is 19.3 Å². The number of aliphatic hydroxyl groups excluding tert-OH is 1. The minimum Gasteiger partial charge on any atom is -0.481 e. The summed E-state index contributed by atoms with van der Waals surface area (Å²) < 4.78 is 5.75. The number of carboxylic acids is 1. The normalized spacial score (nSPS) is 35.3. The van der Waals surface area contributed by atoms with Gasteiger partial charge in [0.25, 0.3) is 0 Å². The molecule has 1 fully saturated rings. The first-order valence-electron chi connectivity index (χ1n) is 11.7. The predicted molar refractivity (Wildman–Crippen MR) is 119 cm³/mol. The number of carboxylic acid groups (broad SMARTS) is 1. The van der Waals surface area contributed by atoms with Crippen LogP contribution in [-0.4, -0.2) is 45.1 Å². The smallest absolute Gasteiger partial charge is 0.338 e. The zero-order chi connectivity index (χ0) is 23.8. The molecule has 0 saturated heterocycles. The van der Waals surface area contributed by atoms with Gasteiger partial charge >= 0.3 is 11.9 Å². The van der Waals surface area contributed by atoms with E-state index in [-0.39, 0.29) is 36.0 Å². The van der Waals surface area contributed by atoms with E-state index in [1.807, 2.05) is 6.92 Å². The number of aliphatic carboxylic acids is 1. The van der Waals surface area contributed by atoms with Gasteiger partial charge in [0.1, 0.15) is 6.10 Å². The average Bonchev–Trinajstić information content (AvgIpc) is 2.63. The van der Waals surface area contributed by atoms with Crippen molar-refractivity contribution in [2.45, 2.75) is 105 Å². The second-order valence-corrected chi connectivity index (χ2v) is 11.1. The van der Waals surface area contributed by atoms with E-state index in [9.17, 15) is 19.8 Å². The molecule has 0 bridgehead atoms. The molecule has 2 rings (SSSR count). The van der Waals surface area contributed by atoms with Crippen LogP contribution in [0.1, 0.15) is 87.0 Å². The number of fused-ring (bicyclic) bond motifs is 1. The summed E-state index contributed by atoms with van der Waals surface area (Å²) in [4.78, 5) is 23.6. The maximum atomic E-state index is 12.6. The van der Waals surface area contributed by atoms with Crippen molar-refractivity contribution in [3.05, 3.63) is 11.6 Å². The molecule has 2 aliphatic carbocycles. The topological polar surface area (TPSA) is 104 Å². The van der Waals surface area contributed by atoms with Crippen molar-refractivity contribution >= 4 is 11.9 Å². The highest BCUT2D eigenvalue weighted by atomic mass is 16.6. The van der Waals surface area contributed by atoms with Crippen molar-refractivity contribution in [2.24, 2.45) is 28.6 Å². The van der Waals surface area contributed by atoms with Crippen LogP contribution >= 0.6 is 0 Å². The summed E-state index contributed by atoms with van der Waals surface area (Å²) in [7, 11) is 0. The molecule has 31 heavy (non-hydrogen) atoms. The van der Waals surface area contributed by atoms with Gasteiger partial charge in [-0.25, -0.2) is 4.79 Å². The minimum absolute atomic E-state index is 0.0979. The van der Waals surface area contributed by atoms with Gasteiger partial charge in [-0.2, -0.15) is 0 Å². The fourth-order valence-electron chi connectivity index (χ4n) is 6.19. The van der Waals surface area contributed by atoms with Gasteiger partial charge in [-0.3, -0.25) is 4.79 Å². The summed E-state index contributed by atoms with van der Waals surface area (Å²) >= 11 is 0. The number of esters is 1. The Hall–Kier alpha value is -1.40. The lowest BCUT2D eigenvalue weighted by molar-refractivity contribution is -0.214. The van der Waals surface area contributed by atoms with Crippen LogP contribution in [0.3, 0.4) is 0 Å². The van der Waals surface area contributed by atoms with Gasteiger partial charge in [0.05, 0.1) is 6.10 Å². The summed E-state index contributed by atoms with van der Waals surface area (Å²) in [5.74, 6) is -0.921. The molecule has 0 aromatic heterocycles. The van der Waals surface area contributed by atoms with Crippen LogP contribution in [0.4, 0.5) is 0 Å². The fourth-order valence-corrected chi connectivity index (χ4v) is 6.19. The first kappa shape index (κ1) is 25.9. The Morgan fingerprint density at radius 3 is 2.48 bits per heavy atom. The number of carbonyl (C=O) groups excluding carboxylic acids is 1. The van der Waals surface area contributed by atoms with Crippen LogP contribution in [0.5, 0.6) is 0 Å². The van der Waals surface area contributed by atoms with E-state index < -0.39 is 35.2 Å². The summed E-state index contributed by atoms with van der Waals surface area (Å²) in [6.45, 7) is 13.6. The molecule has 1 saturated carbocycles. The Balaban J connectivity index is 2.27. The second kappa shape index (κ2) is 9.22. The monoisotopic (exact) mass is 438 g/mol. The molecule has 0 aromatic carbocycles. The van der Waals surface area contributed by atoms with Gasteiger partial charge in [-0.05, 0) is 69.1 Å². The molecule has 0 aromatic rings. The van der Waals surface area contributed by atoms with Crippen LogP contribution < -0.4 is 0 Å². The van der Waals surface area contributed by atoms with Gasteiger partial charge in [0, 0.05) is 11.8 Å². The molecule has 0 radical (unpaired) electrons. The maximum Gasteiger partial charge on any atom is 0.338 e. The molecule has 0 amide bonds. The summed E-state index contributed by atoms with van der Waals surface area (Å²) in [5.41, 5.74) is -0.925. The molecule has 3 N–H and O–H groups in total. The van der Waals surface area contributed by atoms with E-state index in [0.29, 0.717) is 6.42 Å². The van der Waals surface area contributed by atoms with E-state index in [4.69, 9.17) is 9.84 Å². The van der Waals surface area contributed by atoms with E-state index in [1.54, 1.807) is 6.92 Å². The number of hydrogen-bond acceptors (Lipinski definition) is 5. The van der Waals surface area contributed by atoms with Crippen LogP contribution in [0.2, 0.25) is 0 Å². The van der Waals surface area contributed by atoms with Gasteiger partial charge in [-0.1, -0.05) is 46.3 Å². The quantitative estimate of drug-likeness (QED) is 0.385. The number of hydrogen-bond donors (Lipinski definition) is 3. The minimum atomic E-state index is -1.57. The molecule has 0 aliphatic heterocycles. The first-order valence-corrected chi connectivity index (χ1v) is 11.7. The average molecular weight is 439 g/mol. The number of rotatable bonds is 8. The standard InChI is InChI=1S/C25H42O6/c1-8-25(7,30)22(29)31-21-18(26)14-24(6)17(11-9-15(2)13-20(27)28)16(3)10-12-19(24)23(21,4)5/h10,15,17-19,21,26,30H,8-9,11-14H2,1-7H3,(H,27,28)/t15-,17-,18+,19+,21+,24+,25-/m0/s1. The second-order valence-electron chi connectivity index (χ2n) is 11.1. The van der Waals surface area contributed by atoms with Crippen molar-refractivity contribution in [1.82, 2.24) is 0 Å². The molecule has 0 unspecified atom stereocenters. The molecular formula is C25H42O6. The molecule has 0 spiro atoms. The predicted octanol–water partition coefficient (Wildman–Crippen LogP) is 4.33. The third-order valence-electron chi connectivity index (χ3n) is 8.28. The van der Waals surface area contributed by atoms with Crippen molar-refractivity contribution in [2.75, 3.05) is 0 Å². The van der Waals surface area contributed by atoms with Crippen LogP contribution in [-0.2, 0) is 14.3 Å². The molecule has 178 valence electrons. The van der Waals surface area contributed by atoms with Crippen LogP contribution in [0.15, 0.2) is 11.6 Å². The fraction of sp³-hybridized carbons (Fsp3) is 0.840. The van der Waals surface area contributed by atoms with Crippen molar-refractivity contribution < 1.29 is 29.6 Å². The Labute approximate surface area is 187 Å². The van der Waals surface area contributed by atoms with E-state index in [1.165, 1.54) is 12.5 Å². The Morgan fingerprint density at radius 2 is 1.94 bits per heavy atom. The highest BCUT2D eigenvalue weighted by molar-refractivity contribution is 5.78. The first-order chi connectivity index (χ1) is 14.2. The number of ether oxygens (including phenoxy) is 1. The van der Waals surface area contributed by atoms with Crippen LogP contribution in [0, 0.1) is 28.6 Å². The summed E-state index contributed by atoms with van der Waals surface area (Å²) in [6.07, 6.45) is 4.22. The molecule has 0 heterocycles. The zero-order valence-electron chi connectivity index (χ0n) is 20.3. The van der Waals surface area contributed by atoms with Gasteiger partial charge < -0.3 is 20.1 Å².